The van der Waals surface area contributed by atoms with Crippen LogP contribution in [0.1, 0.15) is 15.9 Å². The average molecular weight is 495 g/mol. The number of hydrogen-bond acceptors (Lipinski definition) is 5. The fourth-order valence-electron chi connectivity index (χ4n) is 2.69. The maximum absolute atomic E-state index is 12.7. The van der Waals surface area contributed by atoms with Gasteiger partial charge in [0.1, 0.15) is 5.75 Å². The lowest BCUT2D eigenvalue weighted by molar-refractivity contribution is -0.136. The molecule has 3 aromatic rings. The van der Waals surface area contributed by atoms with Gasteiger partial charge in [0.05, 0.1) is 24.6 Å². The zero-order valence-electron chi connectivity index (χ0n) is 17.0. The summed E-state index contributed by atoms with van der Waals surface area (Å²) < 4.78 is 6.07. The lowest BCUT2D eigenvalue weighted by Gasteiger charge is -2.11. The SMILES string of the molecule is COc1ccccc1C=NNC(=O)C(=O)Nc1ccccc1C(=O)Nc1ccc(Br)cc1. The molecular weight excluding hydrogens is 476 g/mol. The third-order valence-electron chi connectivity index (χ3n) is 4.24. The van der Waals surface area contributed by atoms with Crippen molar-refractivity contribution in [3.05, 3.63) is 88.4 Å². The lowest BCUT2D eigenvalue weighted by Crippen LogP contribution is -2.33. The Morgan fingerprint density at radius 2 is 1.56 bits per heavy atom. The van der Waals surface area contributed by atoms with Crippen LogP contribution in [-0.4, -0.2) is 31.0 Å². The Kier molecular flexibility index (Phi) is 7.71. The number of hydrogen-bond donors (Lipinski definition) is 3. The Morgan fingerprint density at radius 1 is 0.875 bits per heavy atom. The molecule has 0 bridgehead atoms. The monoisotopic (exact) mass is 494 g/mol. The normalized spacial score (nSPS) is 10.4. The minimum absolute atomic E-state index is 0.191. The number of carbonyl (C=O) groups is 3. The number of para-hydroxylation sites is 2. The van der Waals surface area contributed by atoms with Crippen molar-refractivity contribution in [2.24, 2.45) is 5.10 Å². The van der Waals surface area contributed by atoms with E-state index in [1.165, 1.54) is 19.4 Å². The molecule has 0 atom stereocenters. The summed E-state index contributed by atoms with van der Waals surface area (Å²) in [4.78, 5) is 37.1. The number of anilines is 2. The molecule has 8 nitrogen and oxygen atoms in total. The fourth-order valence-corrected chi connectivity index (χ4v) is 2.95. The quantitative estimate of drug-likeness (QED) is 0.275. The summed E-state index contributed by atoms with van der Waals surface area (Å²) in [7, 11) is 1.52. The summed E-state index contributed by atoms with van der Waals surface area (Å²) in [5, 5.41) is 8.97. The minimum atomic E-state index is -0.987. The van der Waals surface area contributed by atoms with Crippen molar-refractivity contribution >= 4 is 51.2 Å². The van der Waals surface area contributed by atoms with E-state index in [1.54, 1.807) is 66.7 Å². The second kappa shape index (κ2) is 10.9. The van der Waals surface area contributed by atoms with E-state index >= 15 is 0 Å². The molecule has 0 aliphatic carbocycles. The molecule has 3 rings (SSSR count). The van der Waals surface area contributed by atoms with Gasteiger partial charge in [-0.25, -0.2) is 5.43 Å². The first-order chi connectivity index (χ1) is 15.5. The second-order valence-electron chi connectivity index (χ2n) is 6.40. The van der Waals surface area contributed by atoms with Crippen LogP contribution in [0.3, 0.4) is 0 Å². The Bertz CT molecular complexity index is 1160. The number of ether oxygens (including phenoxy) is 1. The maximum atomic E-state index is 12.7. The molecule has 0 fully saturated rings. The van der Waals surface area contributed by atoms with Gasteiger partial charge in [-0.2, -0.15) is 5.10 Å². The molecule has 32 heavy (non-hydrogen) atoms. The van der Waals surface area contributed by atoms with Gasteiger partial charge in [-0.3, -0.25) is 14.4 Å². The summed E-state index contributed by atoms with van der Waals surface area (Å²) in [6, 6.07) is 20.5. The summed E-state index contributed by atoms with van der Waals surface area (Å²) in [5.74, 6) is -1.82. The standard InChI is InChI=1S/C23H19BrN4O4/c1-32-20-9-5-2-6-15(20)14-25-28-23(31)22(30)27-19-8-4-3-7-18(19)21(29)26-17-12-10-16(24)11-13-17/h2-14H,1H3,(H,26,29)(H,27,30)(H,28,31). The molecule has 0 aliphatic rings. The Hall–Kier alpha value is -3.98. The number of nitrogens with zero attached hydrogens (tertiary/aromatic N) is 1. The molecule has 0 aromatic heterocycles. The van der Waals surface area contributed by atoms with E-state index in [1.807, 2.05) is 0 Å². The van der Waals surface area contributed by atoms with E-state index in [2.05, 4.69) is 37.1 Å². The minimum Gasteiger partial charge on any atom is -0.496 e. The van der Waals surface area contributed by atoms with Crippen molar-refractivity contribution in [1.82, 2.24) is 5.43 Å². The third kappa shape index (κ3) is 6.02. The zero-order valence-corrected chi connectivity index (χ0v) is 18.5. The van der Waals surface area contributed by atoms with Crippen molar-refractivity contribution < 1.29 is 19.1 Å². The lowest BCUT2D eigenvalue weighted by atomic mass is 10.1. The molecule has 0 saturated heterocycles. The van der Waals surface area contributed by atoms with Gasteiger partial charge >= 0.3 is 11.8 Å². The van der Waals surface area contributed by atoms with Crippen LogP contribution in [0, 0.1) is 0 Å². The number of carbonyl (C=O) groups excluding carboxylic acids is 3. The predicted octanol–water partition coefficient (Wildman–Crippen LogP) is 3.80. The highest BCUT2D eigenvalue weighted by Crippen LogP contribution is 2.19. The molecule has 0 saturated carbocycles. The topological polar surface area (TPSA) is 109 Å². The molecule has 162 valence electrons. The molecule has 3 N–H and O–H groups in total. The summed E-state index contributed by atoms with van der Waals surface area (Å²) in [5.41, 5.74) is 3.76. The number of rotatable bonds is 6. The molecule has 3 amide bonds. The van der Waals surface area contributed by atoms with Crippen LogP contribution in [0.4, 0.5) is 11.4 Å². The summed E-state index contributed by atoms with van der Waals surface area (Å²) >= 11 is 3.33. The van der Waals surface area contributed by atoms with Crippen LogP contribution in [-0.2, 0) is 9.59 Å². The molecule has 3 aromatic carbocycles. The van der Waals surface area contributed by atoms with E-state index in [0.29, 0.717) is 17.0 Å². The van der Waals surface area contributed by atoms with Crippen molar-refractivity contribution in [3.63, 3.8) is 0 Å². The first-order valence-electron chi connectivity index (χ1n) is 9.41. The number of hydrazone groups is 1. The van der Waals surface area contributed by atoms with Gasteiger partial charge in [0.15, 0.2) is 0 Å². The van der Waals surface area contributed by atoms with E-state index in [9.17, 15) is 14.4 Å². The number of benzene rings is 3. The van der Waals surface area contributed by atoms with E-state index in [0.717, 1.165) is 4.47 Å². The maximum Gasteiger partial charge on any atom is 0.329 e. The summed E-state index contributed by atoms with van der Waals surface area (Å²) in [6.07, 6.45) is 1.36. The molecular formula is C23H19BrN4O4. The van der Waals surface area contributed by atoms with Gasteiger partial charge in [-0.05, 0) is 48.5 Å². The van der Waals surface area contributed by atoms with E-state index in [-0.39, 0.29) is 11.3 Å². The predicted molar refractivity (Wildman–Crippen MR) is 126 cm³/mol. The van der Waals surface area contributed by atoms with Gasteiger partial charge in [-0.15, -0.1) is 0 Å². The zero-order chi connectivity index (χ0) is 22.9. The average Bonchev–Trinajstić information content (AvgIpc) is 2.81. The van der Waals surface area contributed by atoms with E-state index in [4.69, 9.17) is 4.74 Å². The Morgan fingerprint density at radius 3 is 2.31 bits per heavy atom. The van der Waals surface area contributed by atoms with Crippen molar-refractivity contribution in [3.8, 4) is 5.75 Å². The first kappa shape index (κ1) is 22.7. The number of halogens is 1. The highest BCUT2D eigenvalue weighted by Gasteiger charge is 2.17. The third-order valence-corrected chi connectivity index (χ3v) is 4.77. The second-order valence-corrected chi connectivity index (χ2v) is 7.32. The largest absolute Gasteiger partial charge is 0.496 e. The molecule has 0 heterocycles. The Balaban J connectivity index is 1.64. The van der Waals surface area contributed by atoms with Gasteiger partial charge < -0.3 is 15.4 Å². The van der Waals surface area contributed by atoms with Crippen molar-refractivity contribution in [2.75, 3.05) is 17.7 Å². The van der Waals surface area contributed by atoms with Crippen LogP contribution in [0.2, 0.25) is 0 Å². The number of methoxy groups -OCH3 is 1. The summed E-state index contributed by atoms with van der Waals surface area (Å²) in [6.45, 7) is 0. The fraction of sp³-hybridized carbons (Fsp3) is 0.0435. The van der Waals surface area contributed by atoms with Gasteiger partial charge in [0, 0.05) is 15.7 Å². The van der Waals surface area contributed by atoms with Crippen LogP contribution in [0.5, 0.6) is 5.75 Å². The smallest absolute Gasteiger partial charge is 0.329 e. The molecule has 0 radical (unpaired) electrons. The molecule has 0 aliphatic heterocycles. The van der Waals surface area contributed by atoms with Crippen LogP contribution < -0.4 is 20.8 Å². The highest BCUT2D eigenvalue weighted by molar-refractivity contribution is 9.10. The number of amides is 3. The van der Waals surface area contributed by atoms with Crippen LogP contribution >= 0.6 is 15.9 Å². The van der Waals surface area contributed by atoms with Crippen molar-refractivity contribution in [2.45, 2.75) is 0 Å². The first-order valence-corrected chi connectivity index (χ1v) is 10.2. The van der Waals surface area contributed by atoms with Gasteiger partial charge in [0.2, 0.25) is 0 Å². The highest BCUT2D eigenvalue weighted by atomic mass is 79.9. The molecule has 9 heteroatoms. The van der Waals surface area contributed by atoms with Gasteiger partial charge in [-0.1, -0.05) is 40.2 Å². The Labute approximate surface area is 192 Å². The number of nitrogens with one attached hydrogen (secondary N) is 3. The van der Waals surface area contributed by atoms with Crippen LogP contribution in [0.25, 0.3) is 0 Å². The van der Waals surface area contributed by atoms with E-state index < -0.39 is 17.7 Å². The van der Waals surface area contributed by atoms with Crippen molar-refractivity contribution in [1.29, 1.82) is 0 Å². The molecule has 0 spiro atoms. The van der Waals surface area contributed by atoms with Gasteiger partial charge in [0.25, 0.3) is 5.91 Å². The van der Waals surface area contributed by atoms with Crippen LogP contribution in [0.15, 0.2) is 82.4 Å². The molecule has 0 unspecified atom stereocenters.